The first-order valence-electron chi connectivity index (χ1n) is 15.0. The first-order chi connectivity index (χ1) is 21.9. The lowest BCUT2D eigenvalue weighted by molar-refractivity contribution is 1.14. The van der Waals surface area contributed by atoms with Crippen molar-refractivity contribution in [3.8, 4) is 33.6 Å². The molecule has 0 amide bonds. The molecular weight excluding hydrogens is 534 g/mol. The number of fused-ring (bicyclic) bond motifs is 6. The lowest BCUT2D eigenvalue weighted by Gasteiger charge is -2.11. The number of hydrogen-bond donors (Lipinski definition) is 0. The van der Waals surface area contributed by atoms with E-state index in [4.69, 9.17) is 4.98 Å². The van der Waals surface area contributed by atoms with E-state index in [1.54, 1.807) is 0 Å². The van der Waals surface area contributed by atoms with Gasteiger partial charge in [0.1, 0.15) is 5.65 Å². The second-order valence-corrected chi connectivity index (χ2v) is 11.2. The SMILES string of the molecule is c1ccc(-c2ccc(-n3c4ccccc4c4c(-c5ccnc6c5c5ccccc5n6-c5ccccc5)cccc43)cc2)cc1. The predicted molar refractivity (Wildman–Crippen MR) is 184 cm³/mol. The van der Waals surface area contributed by atoms with E-state index in [1.165, 1.54) is 54.8 Å². The molecule has 0 aliphatic rings. The molecule has 0 saturated heterocycles. The quantitative estimate of drug-likeness (QED) is 0.210. The summed E-state index contributed by atoms with van der Waals surface area (Å²) in [5.41, 5.74) is 11.6. The van der Waals surface area contributed by atoms with Crippen LogP contribution in [0.1, 0.15) is 0 Å². The summed E-state index contributed by atoms with van der Waals surface area (Å²) in [4.78, 5) is 4.97. The smallest absolute Gasteiger partial charge is 0.146 e. The minimum Gasteiger partial charge on any atom is -0.309 e. The van der Waals surface area contributed by atoms with Gasteiger partial charge in [0.2, 0.25) is 0 Å². The van der Waals surface area contributed by atoms with E-state index < -0.39 is 0 Å². The molecule has 0 unspecified atom stereocenters. The van der Waals surface area contributed by atoms with Gasteiger partial charge >= 0.3 is 0 Å². The van der Waals surface area contributed by atoms with Crippen molar-refractivity contribution in [1.29, 1.82) is 0 Å². The lowest BCUT2D eigenvalue weighted by atomic mass is 9.97. The van der Waals surface area contributed by atoms with E-state index in [2.05, 4.69) is 167 Å². The molecule has 3 heterocycles. The summed E-state index contributed by atoms with van der Waals surface area (Å²) in [7, 11) is 0. The van der Waals surface area contributed by atoms with Crippen molar-refractivity contribution in [2.24, 2.45) is 0 Å². The Bertz CT molecular complexity index is 2470. The van der Waals surface area contributed by atoms with E-state index in [0.29, 0.717) is 0 Å². The molecule has 0 bridgehead atoms. The molecule has 206 valence electrons. The zero-order chi connectivity index (χ0) is 29.0. The van der Waals surface area contributed by atoms with Gasteiger partial charge in [0, 0.05) is 39.1 Å². The third-order valence-electron chi connectivity index (χ3n) is 8.79. The number of hydrogen-bond acceptors (Lipinski definition) is 1. The minimum atomic E-state index is 0.965. The Morgan fingerprint density at radius 3 is 1.66 bits per heavy atom. The van der Waals surface area contributed by atoms with Crippen LogP contribution in [-0.4, -0.2) is 14.1 Å². The summed E-state index contributed by atoms with van der Waals surface area (Å²) in [6, 6.07) is 56.3. The van der Waals surface area contributed by atoms with Gasteiger partial charge in [-0.1, -0.05) is 109 Å². The van der Waals surface area contributed by atoms with Gasteiger partial charge in [-0.05, 0) is 70.8 Å². The molecule has 0 aliphatic heterocycles. The summed E-state index contributed by atoms with van der Waals surface area (Å²) in [6.07, 6.45) is 1.95. The van der Waals surface area contributed by atoms with Crippen LogP contribution in [0.15, 0.2) is 164 Å². The monoisotopic (exact) mass is 561 g/mol. The summed E-state index contributed by atoms with van der Waals surface area (Å²) in [6.45, 7) is 0. The highest BCUT2D eigenvalue weighted by molar-refractivity contribution is 6.21. The van der Waals surface area contributed by atoms with Crippen LogP contribution in [0.5, 0.6) is 0 Å². The Hall–Kier alpha value is -5.93. The Morgan fingerprint density at radius 1 is 0.364 bits per heavy atom. The molecule has 6 aromatic carbocycles. The number of para-hydroxylation sites is 3. The number of benzene rings is 6. The third kappa shape index (κ3) is 3.66. The fourth-order valence-electron chi connectivity index (χ4n) is 6.90. The minimum absolute atomic E-state index is 0.965. The fourth-order valence-corrected chi connectivity index (χ4v) is 6.90. The van der Waals surface area contributed by atoms with Crippen LogP contribution in [0.3, 0.4) is 0 Å². The third-order valence-corrected chi connectivity index (χ3v) is 8.79. The van der Waals surface area contributed by atoms with Gasteiger partial charge in [-0.15, -0.1) is 0 Å². The molecule has 9 rings (SSSR count). The molecule has 0 N–H and O–H groups in total. The molecule has 0 atom stereocenters. The largest absolute Gasteiger partial charge is 0.309 e. The Balaban J connectivity index is 1.32. The van der Waals surface area contributed by atoms with Gasteiger partial charge in [-0.3, -0.25) is 4.57 Å². The van der Waals surface area contributed by atoms with E-state index in [-0.39, 0.29) is 0 Å². The topological polar surface area (TPSA) is 22.8 Å². The average molecular weight is 562 g/mol. The van der Waals surface area contributed by atoms with Crippen LogP contribution in [0.2, 0.25) is 0 Å². The van der Waals surface area contributed by atoms with Gasteiger partial charge < -0.3 is 4.57 Å². The standard InChI is InChI=1S/C41H27N3/c1-3-12-28(13-4-1)29-22-24-31(25-23-29)43-36-19-9-7-16-34(36)39-32(18-11-21-38(39)43)33-26-27-42-41-40(33)35-17-8-10-20-37(35)44(41)30-14-5-2-6-15-30/h1-27H. The van der Waals surface area contributed by atoms with Crippen molar-refractivity contribution in [3.63, 3.8) is 0 Å². The van der Waals surface area contributed by atoms with E-state index >= 15 is 0 Å². The van der Waals surface area contributed by atoms with Gasteiger partial charge in [0.05, 0.1) is 16.6 Å². The Kier molecular flexibility index (Phi) is 5.50. The number of aromatic nitrogens is 3. The van der Waals surface area contributed by atoms with Crippen molar-refractivity contribution < 1.29 is 0 Å². The molecular formula is C41H27N3. The van der Waals surface area contributed by atoms with E-state index in [1.807, 2.05) is 6.20 Å². The maximum absolute atomic E-state index is 4.97. The first kappa shape index (κ1) is 24.6. The molecule has 9 aromatic rings. The first-order valence-corrected chi connectivity index (χ1v) is 15.0. The van der Waals surface area contributed by atoms with Crippen LogP contribution in [-0.2, 0) is 0 Å². The summed E-state index contributed by atoms with van der Waals surface area (Å²) < 4.78 is 4.68. The number of nitrogens with zero attached hydrogens (tertiary/aromatic N) is 3. The molecule has 3 nitrogen and oxygen atoms in total. The number of pyridine rings is 1. The maximum Gasteiger partial charge on any atom is 0.146 e. The molecule has 3 heteroatoms. The highest BCUT2D eigenvalue weighted by Gasteiger charge is 2.21. The highest BCUT2D eigenvalue weighted by atomic mass is 15.0. The molecule has 0 spiro atoms. The zero-order valence-corrected chi connectivity index (χ0v) is 23.9. The highest BCUT2D eigenvalue weighted by Crippen LogP contribution is 2.43. The van der Waals surface area contributed by atoms with Gasteiger partial charge in [-0.2, -0.15) is 0 Å². The summed E-state index contributed by atoms with van der Waals surface area (Å²) >= 11 is 0. The zero-order valence-electron chi connectivity index (χ0n) is 23.9. The van der Waals surface area contributed by atoms with Gasteiger partial charge in [0.25, 0.3) is 0 Å². The van der Waals surface area contributed by atoms with Crippen LogP contribution in [0, 0.1) is 0 Å². The second kappa shape index (κ2) is 9.82. The molecule has 0 fully saturated rings. The molecule has 3 aromatic heterocycles. The molecule has 0 radical (unpaired) electrons. The summed E-state index contributed by atoms with van der Waals surface area (Å²) in [5, 5.41) is 4.86. The van der Waals surface area contributed by atoms with Crippen molar-refractivity contribution in [3.05, 3.63) is 164 Å². The van der Waals surface area contributed by atoms with Crippen LogP contribution < -0.4 is 0 Å². The summed E-state index contributed by atoms with van der Waals surface area (Å²) in [5.74, 6) is 0. The van der Waals surface area contributed by atoms with Crippen molar-refractivity contribution >= 4 is 43.7 Å². The molecule has 44 heavy (non-hydrogen) atoms. The van der Waals surface area contributed by atoms with Crippen LogP contribution in [0.4, 0.5) is 0 Å². The maximum atomic E-state index is 4.97. The number of rotatable bonds is 4. The second-order valence-electron chi connectivity index (χ2n) is 11.2. The van der Waals surface area contributed by atoms with E-state index in [0.717, 1.165) is 22.5 Å². The van der Waals surface area contributed by atoms with E-state index in [9.17, 15) is 0 Å². The van der Waals surface area contributed by atoms with Crippen LogP contribution in [0.25, 0.3) is 77.4 Å². The van der Waals surface area contributed by atoms with Crippen molar-refractivity contribution in [2.75, 3.05) is 0 Å². The lowest BCUT2D eigenvalue weighted by Crippen LogP contribution is -1.95. The Labute approximate surface area is 254 Å². The average Bonchev–Trinajstić information content (AvgIpc) is 3.62. The predicted octanol–water partition coefficient (Wildman–Crippen LogP) is 10.6. The fraction of sp³-hybridized carbons (Fsp3) is 0. The Morgan fingerprint density at radius 2 is 0.909 bits per heavy atom. The van der Waals surface area contributed by atoms with Crippen molar-refractivity contribution in [2.45, 2.75) is 0 Å². The van der Waals surface area contributed by atoms with Crippen molar-refractivity contribution in [1.82, 2.24) is 14.1 Å². The van der Waals surface area contributed by atoms with Crippen LogP contribution >= 0.6 is 0 Å². The molecule has 0 aliphatic carbocycles. The van der Waals surface area contributed by atoms with Gasteiger partial charge in [0.15, 0.2) is 0 Å². The normalized spacial score (nSPS) is 11.6. The van der Waals surface area contributed by atoms with Gasteiger partial charge in [-0.25, -0.2) is 4.98 Å². The molecule has 0 saturated carbocycles.